The van der Waals surface area contributed by atoms with Crippen LogP contribution in [0.25, 0.3) is 0 Å². The first-order valence-electron chi connectivity index (χ1n) is 8.47. The molecule has 2 nitrogen and oxygen atoms in total. The van der Waals surface area contributed by atoms with Crippen LogP contribution in [-0.4, -0.2) is 17.6 Å². The van der Waals surface area contributed by atoms with Crippen LogP contribution in [0, 0.1) is 11.8 Å². The van der Waals surface area contributed by atoms with Gasteiger partial charge in [-0.05, 0) is 49.3 Å². The van der Waals surface area contributed by atoms with Crippen molar-refractivity contribution >= 4 is 0 Å². The van der Waals surface area contributed by atoms with Crippen molar-refractivity contribution < 1.29 is 0 Å². The molecule has 1 aromatic heterocycles. The molecule has 0 aromatic carbocycles. The summed E-state index contributed by atoms with van der Waals surface area (Å²) < 4.78 is 0. The van der Waals surface area contributed by atoms with E-state index in [4.69, 9.17) is 0 Å². The average Bonchev–Trinajstić information content (AvgIpc) is 2.52. The zero-order chi connectivity index (χ0) is 14.2. The highest BCUT2D eigenvalue weighted by Gasteiger charge is 2.30. The Hall–Kier alpha value is -0.890. The van der Waals surface area contributed by atoms with E-state index in [1.807, 2.05) is 12.4 Å². The Bertz CT molecular complexity index is 363. The lowest BCUT2D eigenvalue weighted by molar-refractivity contribution is 0.174. The van der Waals surface area contributed by atoms with Gasteiger partial charge in [0.05, 0.1) is 0 Å². The molecular weight excluding hydrogens is 244 g/mol. The zero-order valence-electron chi connectivity index (χ0n) is 13.1. The third kappa shape index (κ3) is 4.31. The Morgan fingerprint density at radius 2 is 2.15 bits per heavy atom. The summed E-state index contributed by atoms with van der Waals surface area (Å²) in [5.74, 6) is 1.76. The molecule has 0 radical (unpaired) electrons. The molecule has 0 bridgehead atoms. The summed E-state index contributed by atoms with van der Waals surface area (Å²) in [6, 6.07) is 4.91. The molecule has 1 aliphatic rings. The molecule has 3 atom stereocenters. The minimum atomic E-state index is 0.629. The van der Waals surface area contributed by atoms with Crippen molar-refractivity contribution in [2.75, 3.05) is 6.54 Å². The van der Waals surface area contributed by atoms with Crippen molar-refractivity contribution in [3.63, 3.8) is 0 Å². The molecule has 20 heavy (non-hydrogen) atoms. The van der Waals surface area contributed by atoms with Gasteiger partial charge >= 0.3 is 0 Å². The number of hydrogen-bond acceptors (Lipinski definition) is 2. The molecule has 0 saturated heterocycles. The first-order valence-corrected chi connectivity index (χ1v) is 8.47. The standard InChI is InChI=1S/C18H30N2/c1-3-11-20-18(13-15-8-7-12-19-14-15)17-10-6-5-9-16(17)4-2/h7-8,12,14,16-18,20H,3-6,9-11,13H2,1-2H3. The summed E-state index contributed by atoms with van der Waals surface area (Å²) in [6.07, 6.45) is 13.3. The van der Waals surface area contributed by atoms with Crippen LogP contribution >= 0.6 is 0 Å². The van der Waals surface area contributed by atoms with Gasteiger partial charge in [-0.15, -0.1) is 0 Å². The fourth-order valence-corrected chi connectivity index (χ4v) is 3.75. The van der Waals surface area contributed by atoms with Crippen molar-refractivity contribution in [3.8, 4) is 0 Å². The largest absolute Gasteiger partial charge is 0.313 e. The molecular formula is C18H30N2. The summed E-state index contributed by atoms with van der Waals surface area (Å²) in [5.41, 5.74) is 1.38. The second kappa shape index (κ2) is 8.41. The molecule has 1 heterocycles. The molecule has 112 valence electrons. The molecule has 2 rings (SSSR count). The molecule has 1 saturated carbocycles. The molecule has 0 aliphatic heterocycles. The van der Waals surface area contributed by atoms with E-state index in [0.29, 0.717) is 6.04 Å². The number of hydrogen-bond donors (Lipinski definition) is 1. The number of pyridine rings is 1. The summed E-state index contributed by atoms with van der Waals surface area (Å²) in [6.45, 7) is 5.76. The van der Waals surface area contributed by atoms with E-state index in [0.717, 1.165) is 24.8 Å². The van der Waals surface area contributed by atoms with Crippen molar-refractivity contribution in [1.29, 1.82) is 0 Å². The molecule has 1 aliphatic carbocycles. The van der Waals surface area contributed by atoms with E-state index in [2.05, 4.69) is 36.3 Å². The smallest absolute Gasteiger partial charge is 0.0300 e. The van der Waals surface area contributed by atoms with Gasteiger partial charge in [-0.1, -0.05) is 45.6 Å². The third-order valence-electron chi connectivity index (χ3n) is 4.84. The average molecular weight is 274 g/mol. The number of aromatic nitrogens is 1. The molecule has 2 heteroatoms. The number of rotatable bonds is 7. The Balaban J connectivity index is 2.05. The lowest BCUT2D eigenvalue weighted by atomic mass is 9.72. The lowest BCUT2D eigenvalue weighted by Gasteiger charge is -2.37. The summed E-state index contributed by atoms with van der Waals surface area (Å²) in [5, 5.41) is 3.82. The van der Waals surface area contributed by atoms with Gasteiger partial charge in [0.15, 0.2) is 0 Å². The van der Waals surface area contributed by atoms with Gasteiger partial charge in [0.1, 0.15) is 0 Å². The van der Waals surface area contributed by atoms with Crippen LogP contribution in [0.3, 0.4) is 0 Å². The molecule has 1 N–H and O–H groups in total. The number of nitrogens with zero attached hydrogens (tertiary/aromatic N) is 1. The fraction of sp³-hybridized carbons (Fsp3) is 0.722. The van der Waals surface area contributed by atoms with Crippen LogP contribution in [-0.2, 0) is 6.42 Å². The first-order chi connectivity index (χ1) is 9.85. The lowest BCUT2D eigenvalue weighted by Crippen LogP contribution is -2.43. The van der Waals surface area contributed by atoms with E-state index in [1.165, 1.54) is 44.1 Å². The zero-order valence-corrected chi connectivity index (χ0v) is 13.1. The molecule has 3 unspecified atom stereocenters. The topological polar surface area (TPSA) is 24.9 Å². The van der Waals surface area contributed by atoms with Gasteiger partial charge in [0.2, 0.25) is 0 Å². The molecule has 0 spiro atoms. The SMILES string of the molecule is CCCNC(Cc1cccnc1)C1CCCCC1CC. The van der Waals surface area contributed by atoms with Crippen LogP contribution in [0.15, 0.2) is 24.5 Å². The second-order valence-electron chi connectivity index (χ2n) is 6.24. The van der Waals surface area contributed by atoms with Crippen LogP contribution in [0.2, 0.25) is 0 Å². The summed E-state index contributed by atoms with van der Waals surface area (Å²) in [4.78, 5) is 4.27. The van der Waals surface area contributed by atoms with E-state index in [-0.39, 0.29) is 0 Å². The van der Waals surface area contributed by atoms with Crippen LogP contribution in [0.1, 0.15) is 57.9 Å². The maximum absolute atomic E-state index is 4.27. The maximum atomic E-state index is 4.27. The quantitative estimate of drug-likeness (QED) is 0.805. The van der Waals surface area contributed by atoms with Crippen LogP contribution in [0.5, 0.6) is 0 Å². The van der Waals surface area contributed by atoms with E-state index in [9.17, 15) is 0 Å². The Morgan fingerprint density at radius 3 is 2.85 bits per heavy atom. The van der Waals surface area contributed by atoms with E-state index in [1.54, 1.807) is 0 Å². The van der Waals surface area contributed by atoms with Gasteiger partial charge in [0.25, 0.3) is 0 Å². The third-order valence-corrected chi connectivity index (χ3v) is 4.84. The highest BCUT2D eigenvalue weighted by atomic mass is 14.9. The second-order valence-corrected chi connectivity index (χ2v) is 6.24. The van der Waals surface area contributed by atoms with Crippen molar-refractivity contribution in [3.05, 3.63) is 30.1 Å². The minimum absolute atomic E-state index is 0.629. The van der Waals surface area contributed by atoms with Gasteiger partial charge in [-0.3, -0.25) is 4.98 Å². The molecule has 1 fully saturated rings. The van der Waals surface area contributed by atoms with Crippen molar-refractivity contribution in [2.24, 2.45) is 11.8 Å². The maximum Gasteiger partial charge on any atom is 0.0300 e. The molecule has 0 amide bonds. The van der Waals surface area contributed by atoms with Crippen molar-refractivity contribution in [1.82, 2.24) is 10.3 Å². The van der Waals surface area contributed by atoms with E-state index < -0.39 is 0 Å². The monoisotopic (exact) mass is 274 g/mol. The predicted octanol–water partition coefficient (Wildman–Crippen LogP) is 4.21. The Labute approximate surface area is 124 Å². The number of nitrogens with one attached hydrogen (secondary N) is 1. The van der Waals surface area contributed by atoms with Gasteiger partial charge < -0.3 is 5.32 Å². The van der Waals surface area contributed by atoms with Gasteiger partial charge in [-0.25, -0.2) is 0 Å². The molecule has 1 aromatic rings. The van der Waals surface area contributed by atoms with Gasteiger partial charge in [-0.2, -0.15) is 0 Å². The van der Waals surface area contributed by atoms with Crippen molar-refractivity contribution in [2.45, 2.75) is 64.8 Å². The van der Waals surface area contributed by atoms with Gasteiger partial charge in [0, 0.05) is 18.4 Å². The summed E-state index contributed by atoms with van der Waals surface area (Å²) in [7, 11) is 0. The first kappa shape index (κ1) is 15.5. The summed E-state index contributed by atoms with van der Waals surface area (Å²) >= 11 is 0. The van der Waals surface area contributed by atoms with Crippen LogP contribution < -0.4 is 5.32 Å². The normalized spacial score (nSPS) is 24.5. The fourth-order valence-electron chi connectivity index (χ4n) is 3.75. The predicted molar refractivity (Wildman–Crippen MR) is 85.8 cm³/mol. The Kier molecular flexibility index (Phi) is 6.52. The Morgan fingerprint density at radius 1 is 1.30 bits per heavy atom. The highest BCUT2D eigenvalue weighted by molar-refractivity contribution is 5.11. The van der Waals surface area contributed by atoms with E-state index >= 15 is 0 Å². The minimum Gasteiger partial charge on any atom is -0.313 e. The van der Waals surface area contributed by atoms with Crippen LogP contribution in [0.4, 0.5) is 0 Å². The highest BCUT2D eigenvalue weighted by Crippen LogP contribution is 2.35.